The number of carbonyl (C=O) groups is 2. The zero-order valence-electron chi connectivity index (χ0n) is 37.1. The van der Waals surface area contributed by atoms with E-state index in [4.69, 9.17) is 24.3 Å². The summed E-state index contributed by atoms with van der Waals surface area (Å²) in [7, 11) is -4.38. The van der Waals surface area contributed by atoms with E-state index >= 15 is 0 Å². The maximum atomic E-state index is 12.6. The summed E-state index contributed by atoms with van der Waals surface area (Å²) in [6.45, 7) is 3.72. The standard InChI is InChI=1S/C47H90NO8P/c1-3-5-7-9-11-13-15-17-19-21-22-24-26-28-30-32-34-36-38-40-47(50)56-45(44-55-57(51,52)54-42-41-48)43-53-46(49)39-37-35-33-31-29-27-25-23-20-18-16-14-12-10-8-6-4-2/h25,27,31,33,45H,3-24,26,28-30,32,34-44,48H2,1-2H3,(H,51,52)/b27-25+,33-31+/t45-/m1/s1. The van der Waals surface area contributed by atoms with Crippen LogP contribution in [0.15, 0.2) is 24.3 Å². The van der Waals surface area contributed by atoms with E-state index in [1.165, 1.54) is 161 Å². The third-order valence-electron chi connectivity index (χ3n) is 10.3. The van der Waals surface area contributed by atoms with E-state index in [1.54, 1.807) is 0 Å². The summed E-state index contributed by atoms with van der Waals surface area (Å²) < 4.78 is 32.8. The van der Waals surface area contributed by atoms with Gasteiger partial charge in [0, 0.05) is 19.4 Å². The fourth-order valence-corrected chi connectivity index (χ4v) is 7.56. The Morgan fingerprint density at radius 3 is 1.39 bits per heavy atom. The van der Waals surface area contributed by atoms with Gasteiger partial charge in [-0.3, -0.25) is 18.6 Å². The summed E-state index contributed by atoms with van der Waals surface area (Å²) in [6.07, 6.45) is 47.9. The molecule has 0 aliphatic heterocycles. The maximum Gasteiger partial charge on any atom is 0.472 e. The smallest absolute Gasteiger partial charge is 0.462 e. The van der Waals surface area contributed by atoms with Crippen molar-refractivity contribution < 1.29 is 37.6 Å². The van der Waals surface area contributed by atoms with Gasteiger partial charge >= 0.3 is 19.8 Å². The Morgan fingerprint density at radius 1 is 0.526 bits per heavy atom. The quantitative estimate of drug-likeness (QED) is 0.0266. The van der Waals surface area contributed by atoms with E-state index < -0.39 is 32.5 Å². The molecule has 3 N–H and O–H groups in total. The van der Waals surface area contributed by atoms with Gasteiger partial charge in [0.2, 0.25) is 0 Å². The van der Waals surface area contributed by atoms with Crippen LogP contribution in [0.4, 0.5) is 0 Å². The number of esters is 2. The molecule has 336 valence electrons. The summed E-state index contributed by atoms with van der Waals surface area (Å²) in [5.41, 5.74) is 5.35. The molecule has 10 heteroatoms. The Balaban J connectivity index is 4.12. The number of allylic oxidation sites excluding steroid dienone is 4. The highest BCUT2D eigenvalue weighted by Gasteiger charge is 2.26. The van der Waals surface area contributed by atoms with Crippen LogP contribution in [0.2, 0.25) is 0 Å². The third-order valence-corrected chi connectivity index (χ3v) is 11.3. The number of nitrogens with two attached hydrogens (primary N) is 1. The zero-order chi connectivity index (χ0) is 41.8. The van der Waals surface area contributed by atoms with Crippen LogP contribution in [-0.4, -0.2) is 49.3 Å². The van der Waals surface area contributed by atoms with Crippen molar-refractivity contribution in [2.75, 3.05) is 26.4 Å². The van der Waals surface area contributed by atoms with Crippen molar-refractivity contribution >= 4 is 19.8 Å². The van der Waals surface area contributed by atoms with E-state index in [1.807, 2.05) is 0 Å². The van der Waals surface area contributed by atoms with Gasteiger partial charge in [0.15, 0.2) is 6.10 Å². The minimum atomic E-state index is -4.38. The lowest BCUT2D eigenvalue weighted by molar-refractivity contribution is -0.161. The SMILES string of the molecule is CCCCCCCCCCC/C=C/C/C=C/CCCC(=O)OC[C@H](COP(=O)(O)OCCN)OC(=O)CCCCCCCCCCCCCCCCCCCCC. The number of phosphoric ester groups is 1. The van der Waals surface area contributed by atoms with Crippen molar-refractivity contribution in [2.24, 2.45) is 5.73 Å². The molecule has 0 amide bonds. The predicted octanol–water partition coefficient (Wildman–Crippen LogP) is 13.9. The van der Waals surface area contributed by atoms with Gasteiger partial charge in [-0.15, -0.1) is 0 Å². The van der Waals surface area contributed by atoms with Crippen LogP contribution >= 0.6 is 7.82 Å². The van der Waals surface area contributed by atoms with Crippen molar-refractivity contribution in [3.63, 3.8) is 0 Å². The van der Waals surface area contributed by atoms with Crippen molar-refractivity contribution in [1.29, 1.82) is 0 Å². The van der Waals surface area contributed by atoms with Gasteiger partial charge in [0.25, 0.3) is 0 Å². The predicted molar refractivity (Wildman–Crippen MR) is 238 cm³/mol. The van der Waals surface area contributed by atoms with Gasteiger partial charge in [-0.25, -0.2) is 4.57 Å². The van der Waals surface area contributed by atoms with Gasteiger partial charge < -0.3 is 20.1 Å². The summed E-state index contributed by atoms with van der Waals surface area (Å²) in [5, 5.41) is 0. The lowest BCUT2D eigenvalue weighted by Crippen LogP contribution is -2.29. The number of phosphoric acid groups is 1. The Labute approximate surface area is 351 Å². The molecule has 0 radical (unpaired) electrons. The van der Waals surface area contributed by atoms with Crippen molar-refractivity contribution in [2.45, 2.75) is 238 Å². The van der Waals surface area contributed by atoms with Gasteiger partial charge in [-0.2, -0.15) is 0 Å². The summed E-state index contributed by atoms with van der Waals surface area (Å²) in [4.78, 5) is 34.9. The second-order valence-corrected chi connectivity index (χ2v) is 17.4. The molecule has 57 heavy (non-hydrogen) atoms. The van der Waals surface area contributed by atoms with Crippen molar-refractivity contribution in [3.8, 4) is 0 Å². The molecule has 2 atom stereocenters. The molecule has 0 aromatic carbocycles. The molecule has 0 rings (SSSR count). The largest absolute Gasteiger partial charge is 0.472 e. The summed E-state index contributed by atoms with van der Waals surface area (Å²) in [6, 6.07) is 0. The van der Waals surface area contributed by atoms with Crippen molar-refractivity contribution in [1.82, 2.24) is 0 Å². The normalized spacial score (nSPS) is 13.4. The Bertz CT molecular complexity index is 990. The average Bonchev–Trinajstić information content (AvgIpc) is 3.20. The van der Waals surface area contributed by atoms with Gasteiger partial charge in [0.1, 0.15) is 6.61 Å². The van der Waals surface area contributed by atoms with Gasteiger partial charge in [0.05, 0.1) is 13.2 Å². The van der Waals surface area contributed by atoms with Crippen LogP contribution in [-0.2, 0) is 32.7 Å². The Hall–Kier alpha value is -1.51. The average molecular weight is 828 g/mol. The first-order valence-electron chi connectivity index (χ1n) is 23.8. The Morgan fingerprint density at radius 2 is 0.930 bits per heavy atom. The van der Waals surface area contributed by atoms with Crippen LogP contribution in [0.1, 0.15) is 232 Å². The molecule has 9 nitrogen and oxygen atoms in total. The molecule has 0 bridgehead atoms. The first-order chi connectivity index (χ1) is 27.8. The van der Waals surface area contributed by atoms with Gasteiger partial charge in [-0.1, -0.05) is 205 Å². The van der Waals surface area contributed by atoms with E-state index in [9.17, 15) is 19.0 Å². The maximum absolute atomic E-state index is 12.6. The molecule has 0 saturated heterocycles. The molecular formula is C47H90NO8P. The number of hydrogen-bond donors (Lipinski definition) is 2. The highest BCUT2D eigenvalue weighted by Crippen LogP contribution is 2.43. The van der Waals surface area contributed by atoms with E-state index in [0.29, 0.717) is 12.8 Å². The second kappa shape index (κ2) is 44.1. The molecule has 0 spiro atoms. The number of carbonyl (C=O) groups excluding carboxylic acids is 2. The minimum absolute atomic E-state index is 0.0503. The molecule has 0 heterocycles. The first kappa shape index (κ1) is 55.5. The summed E-state index contributed by atoms with van der Waals surface area (Å²) >= 11 is 0. The molecule has 0 aromatic heterocycles. The van der Waals surface area contributed by atoms with Gasteiger partial charge in [-0.05, 0) is 38.5 Å². The number of rotatable bonds is 45. The molecular weight excluding hydrogens is 737 g/mol. The van der Waals surface area contributed by atoms with E-state index in [2.05, 4.69) is 38.2 Å². The van der Waals surface area contributed by atoms with Crippen LogP contribution in [0.5, 0.6) is 0 Å². The molecule has 1 unspecified atom stereocenters. The molecule has 0 saturated carbocycles. The minimum Gasteiger partial charge on any atom is -0.462 e. The summed E-state index contributed by atoms with van der Waals surface area (Å²) in [5.74, 6) is -0.870. The highest BCUT2D eigenvalue weighted by atomic mass is 31.2. The molecule has 0 aliphatic carbocycles. The van der Waals surface area contributed by atoms with Crippen LogP contribution in [0.3, 0.4) is 0 Å². The molecule has 0 aromatic rings. The van der Waals surface area contributed by atoms with Crippen LogP contribution in [0.25, 0.3) is 0 Å². The number of unbranched alkanes of at least 4 members (excludes halogenated alkanes) is 28. The molecule has 0 fully saturated rings. The lowest BCUT2D eigenvalue weighted by atomic mass is 10.0. The highest BCUT2D eigenvalue weighted by molar-refractivity contribution is 7.47. The number of ether oxygens (including phenoxy) is 2. The zero-order valence-corrected chi connectivity index (χ0v) is 38.0. The first-order valence-corrected chi connectivity index (χ1v) is 25.3. The third kappa shape index (κ3) is 43.9. The topological polar surface area (TPSA) is 134 Å². The van der Waals surface area contributed by atoms with E-state index in [-0.39, 0.29) is 32.6 Å². The number of hydrogen-bond acceptors (Lipinski definition) is 8. The molecule has 0 aliphatic rings. The second-order valence-electron chi connectivity index (χ2n) is 16.0. The fraction of sp³-hybridized carbons (Fsp3) is 0.872. The van der Waals surface area contributed by atoms with E-state index in [0.717, 1.165) is 32.1 Å². The van der Waals surface area contributed by atoms with Crippen molar-refractivity contribution in [3.05, 3.63) is 24.3 Å². The fourth-order valence-electron chi connectivity index (χ4n) is 6.79. The van der Waals surface area contributed by atoms with Crippen LogP contribution < -0.4 is 5.73 Å². The monoisotopic (exact) mass is 828 g/mol. The van der Waals surface area contributed by atoms with Crippen LogP contribution in [0, 0.1) is 0 Å². The Kier molecular flexibility index (Phi) is 42.9. The lowest BCUT2D eigenvalue weighted by Gasteiger charge is -2.19.